The third-order valence-corrected chi connectivity index (χ3v) is 3.65. The molecule has 1 heterocycles. The third kappa shape index (κ3) is 5.55. The first-order valence-electron chi connectivity index (χ1n) is 7.96. The zero-order chi connectivity index (χ0) is 17.2. The molecule has 0 spiro atoms. The molecule has 1 amide bonds. The Kier molecular flexibility index (Phi) is 7.04. The highest BCUT2D eigenvalue weighted by molar-refractivity contribution is 5.76. The molecule has 0 saturated heterocycles. The molecule has 6 nitrogen and oxygen atoms in total. The van der Waals surface area contributed by atoms with Gasteiger partial charge in [0, 0.05) is 18.5 Å². The molecule has 0 fully saturated rings. The van der Waals surface area contributed by atoms with Crippen LogP contribution in [0.15, 0.2) is 53.1 Å². The quantitative estimate of drug-likeness (QED) is 0.530. The summed E-state index contributed by atoms with van der Waals surface area (Å²) in [7, 11) is 1.36. The van der Waals surface area contributed by atoms with Gasteiger partial charge in [0.05, 0.1) is 13.4 Å². The zero-order valence-electron chi connectivity index (χ0n) is 13.7. The summed E-state index contributed by atoms with van der Waals surface area (Å²) >= 11 is 0. The van der Waals surface area contributed by atoms with Crippen molar-refractivity contribution >= 4 is 11.9 Å². The predicted octanol–water partition coefficient (Wildman–Crippen LogP) is 1.00. The normalized spacial score (nSPS) is 11.7. The smallest absolute Gasteiger partial charge is 0.305 e. The van der Waals surface area contributed by atoms with Crippen LogP contribution in [-0.4, -0.2) is 32.1 Å². The maximum atomic E-state index is 12.0. The molecular formula is C18H23N2O4+. The van der Waals surface area contributed by atoms with E-state index >= 15 is 0 Å². The van der Waals surface area contributed by atoms with Crippen molar-refractivity contribution in [2.45, 2.75) is 18.9 Å². The summed E-state index contributed by atoms with van der Waals surface area (Å²) in [6, 6.07) is 13.6. The van der Waals surface area contributed by atoms with Gasteiger partial charge in [0.1, 0.15) is 0 Å². The van der Waals surface area contributed by atoms with Gasteiger partial charge in [0.25, 0.3) is 5.91 Å². The average molecular weight is 331 g/mol. The molecule has 0 aliphatic carbocycles. The van der Waals surface area contributed by atoms with Crippen LogP contribution in [0.2, 0.25) is 0 Å². The number of hydrogen-bond donors (Lipinski definition) is 2. The van der Waals surface area contributed by atoms with Crippen LogP contribution < -0.4 is 10.6 Å². The molecule has 6 heteroatoms. The van der Waals surface area contributed by atoms with Crippen LogP contribution in [0, 0.1) is 0 Å². The minimum Gasteiger partial charge on any atom is -0.469 e. The van der Waals surface area contributed by atoms with Crippen LogP contribution in [0.5, 0.6) is 0 Å². The summed E-state index contributed by atoms with van der Waals surface area (Å²) in [6.07, 6.45) is 2.50. The van der Waals surface area contributed by atoms with Crippen LogP contribution in [0.25, 0.3) is 0 Å². The van der Waals surface area contributed by atoms with Crippen LogP contribution in [-0.2, 0) is 14.3 Å². The Hall–Kier alpha value is -2.60. The number of amides is 1. The highest BCUT2D eigenvalue weighted by Gasteiger charge is 2.21. The Morgan fingerprint density at radius 1 is 1.21 bits per heavy atom. The van der Waals surface area contributed by atoms with E-state index in [2.05, 4.69) is 10.1 Å². The summed E-state index contributed by atoms with van der Waals surface area (Å²) in [6.45, 7) is 0.733. The molecule has 1 atom stereocenters. The third-order valence-electron chi connectivity index (χ3n) is 3.65. The molecular weight excluding hydrogens is 308 g/mol. The number of rotatable bonds is 9. The molecule has 3 N–H and O–H groups in total. The Morgan fingerprint density at radius 3 is 2.67 bits per heavy atom. The van der Waals surface area contributed by atoms with E-state index in [-0.39, 0.29) is 24.5 Å². The Bertz CT molecular complexity index is 626. The summed E-state index contributed by atoms with van der Waals surface area (Å²) in [5.41, 5.74) is 1.07. The second-order valence-corrected chi connectivity index (χ2v) is 5.37. The number of furan rings is 1. The number of benzene rings is 1. The van der Waals surface area contributed by atoms with Crippen molar-refractivity contribution in [3.8, 4) is 0 Å². The van der Waals surface area contributed by atoms with E-state index in [0.29, 0.717) is 19.4 Å². The second kappa shape index (κ2) is 9.52. The molecule has 0 bridgehead atoms. The second-order valence-electron chi connectivity index (χ2n) is 5.37. The van der Waals surface area contributed by atoms with Gasteiger partial charge in [-0.15, -0.1) is 0 Å². The predicted molar refractivity (Wildman–Crippen MR) is 88.0 cm³/mol. The number of nitrogens with two attached hydrogens (primary N) is 1. The topological polar surface area (TPSA) is 85.1 Å². The fraction of sp³-hybridized carbons (Fsp3) is 0.333. The number of carbonyl (C=O) groups is 2. The molecule has 0 aliphatic heterocycles. The standard InChI is InChI=1S/C18H22N2O4/c1-23-17(22)10-5-11-19-16(21)13-20-18(15-9-6-12-24-15)14-7-3-2-4-8-14/h2-4,6-9,12,18,20H,5,10-11,13H2,1H3,(H,19,21)/p+1/t18-/m1/s1. The molecule has 0 unspecified atom stereocenters. The van der Waals surface area contributed by atoms with E-state index < -0.39 is 0 Å². The number of methoxy groups -OCH3 is 1. The number of ether oxygens (including phenoxy) is 1. The first-order chi connectivity index (χ1) is 11.7. The number of carbonyl (C=O) groups excluding carboxylic acids is 2. The maximum Gasteiger partial charge on any atom is 0.305 e. The van der Waals surface area contributed by atoms with Crippen molar-refractivity contribution in [1.82, 2.24) is 5.32 Å². The summed E-state index contributed by atoms with van der Waals surface area (Å²) in [5.74, 6) is 0.463. The molecule has 0 saturated carbocycles. The molecule has 24 heavy (non-hydrogen) atoms. The van der Waals surface area contributed by atoms with Crippen LogP contribution >= 0.6 is 0 Å². The monoisotopic (exact) mass is 331 g/mol. The molecule has 128 valence electrons. The number of esters is 1. The van der Waals surface area contributed by atoms with Gasteiger partial charge >= 0.3 is 5.97 Å². The summed E-state index contributed by atoms with van der Waals surface area (Å²) < 4.78 is 10.1. The Labute approximate surface area is 141 Å². The van der Waals surface area contributed by atoms with Crippen LogP contribution in [0.4, 0.5) is 0 Å². The first kappa shape index (κ1) is 17.7. The molecule has 2 rings (SSSR count). The van der Waals surface area contributed by atoms with E-state index in [1.54, 1.807) is 6.26 Å². The van der Waals surface area contributed by atoms with Gasteiger partial charge in [-0.1, -0.05) is 30.3 Å². The number of hydrogen-bond acceptors (Lipinski definition) is 4. The van der Waals surface area contributed by atoms with Crippen molar-refractivity contribution in [3.63, 3.8) is 0 Å². The van der Waals surface area contributed by atoms with Gasteiger partial charge in [-0.05, 0) is 18.6 Å². The van der Waals surface area contributed by atoms with E-state index in [4.69, 9.17) is 4.42 Å². The fourth-order valence-electron chi connectivity index (χ4n) is 2.40. The van der Waals surface area contributed by atoms with E-state index in [9.17, 15) is 9.59 Å². The lowest BCUT2D eigenvalue weighted by Crippen LogP contribution is -2.87. The summed E-state index contributed by atoms with van der Waals surface area (Å²) in [5, 5.41) is 4.74. The minimum absolute atomic E-state index is 0.0676. The molecule has 0 aliphatic rings. The van der Waals surface area contributed by atoms with Gasteiger partial charge < -0.3 is 19.8 Å². The van der Waals surface area contributed by atoms with Gasteiger partial charge in [0.2, 0.25) is 0 Å². The van der Waals surface area contributed by atoms with Crippen LogP contribution in [0.1, 0.15) is 30.2 Å². The lowest BCUT2D eigenvalue weighted by atomic mass is 10.0. The SMILES string of the molecule is COC(=O)CCCNC(=O)C[NH2+][C@H](c1ccccc1)c1ccco1. The highest BCUT2D eigenvalue weighted by atomic mass is 16.5. The largest absolute Gasteiger partial charge is 0.469 e. The van der Waals surface area contributed by atoms with Crippen molar-refractivity contribution in [2.24, 2.45) is 0 Å². The molecule has 2 aromatic rings. The lowest BCUT2D eigenvalue weighted by Gasteiger charge is -2.13. The molecule has 0 radical (unpaired) electrons. The number of quaternary nitrogens is 1. The van der Waals surface area contributed by atoms with Crippen molar-refractivity contribution < 1.29 is 24.1 Å². The highest BCUT2D eigenvalue weighted by Crippen LogP contribution is 2.18. The minimum atomic E-state index is -0.266. The first-order valence-corrected chi connectivity index (χ1v) is 7.96. The summed E-state index contributed by atoms with van der Waals surface area (Å²) in [4.78, 5) is 23.0. The van der Waals surface area contributed by atoms with Gasteiger partial charge in [0.15, 0.2) is 18.3 Å². The van der Waals surface area contributed by atoms with Gasteiger partial charge in [-0.3, -0.25) is 9.59 Å². The maximum absolute atomic E-state index is 12.0. The van der Waals surface area contributed by atoms with Crippen molar-refractivity contribution in [1.29, 1.82) is 0 Å². The van der Waals surface area contributed by atoms with Gasteiger partial charge in [-0.2, -0.15) is 0 Å². The van der Waals surface area contributed by atoms with Crippen LogP contribution in [0.3, 0.4) is 0 Å². The molecule has 1 aromatic heterocycles. The fourth-order valence-corrected chi connectivity index (χ4v) is 2.40. The van der Waals surface area contributed by atoms with E-state index in [1.807, 2.05) is 47.8 Å². The van der Waals surface area contributed by atoms with E-state index in [0.717, 1.165) is 11.3 Å². The Balaban J connectivity index is 1.83. The van der Waals surface area contributed by atoms with Crippen molar-refractivity contribution in [3.05, 3.63) is 60.1 Å². The molecule has 1 aromatic carbocycles. The number of nitrogens with one attached hydrogen (secondary N) is 1. The van der Waals surface area contributed by atoms with Gasteiger partial charge in [-0.25, -0.2) is 0 Å². The van der Waals surface area contributed by atoms with Crippen molar-refractivity contribution in [2.75, 3.05) is 20.2 Å². The van der Waals surface area contributed by atoms with E-state index in [1.165, 1.54) is 7.11 Å². The average Bonchev–Trinajstić information content (AvgIpc) is 3.14. The lowest BCUT2D eigenvalue weighted by molar-refractivity contribution is -0.678. The zero-order valence-corrected chi connectivity index (χ0v) is 13.7. The Morgan fingerprint density at radius 2 is 2.00 bits per heavy atom.